The minimum Gasteiger partial charge on any atom is -0.494 e. The zero-order chi connectivity index (χ0) is 15.1. The van der Waals surface area contributed by atoms with Crippen LogP contribution < -0.4 is 10.1 Å². The van der Waals surface area contributed by atoms with Crippen molar-refractivity contribution < 1.29 is 14.3 Å². The van der Waals surface area contributed by atoms with E-state index < -0.39 is 0 Å². The highest BCUT2D eigenvalue weighted by molar-refractivity contribution is 5.81. The molecule has 0 unspecified atom stereocenters. The number of hydrogen-bond donors (Lipinski definition) is 1. The zero-order valence-corrected chi connectivity index (χ0v) is 12.2. The average molecular weight is 291 g/mol. The molecule has 0 bridgehead atoms. The lowest BCUT2D eigenvalue weighted by Gasteiger charge is -2.32. The van der Waals surface area contributed by atoms with Crippen molar-refractivity contribution in [1.29, 1.82) is 0 Å². The molecule has 1 fully saturated rings. The molecule has 2 rings (SSSR count). The van der Waals surface area contributed by atoms with E-state index in [0.717, 1.165) is 17.8 Å². The van der Waals surface area contributed by atoms with E-state index in [1.54, 1.807) is 9.80 Å². The monoisotopic (exact) mass is 291 g/mol. The summed E-state index contributed by atoms with van der Waals surface area (Å²) in [5.41, 5.74) is 0.887. The van der Waals surface area contributed by atoms with Gasteiger partial charge in [0.05, 0.1) is 13.2 Å². The summed E-state index contributed by atoms with van der Waals surface area (Å²) in [5, 5.41) is 3.11. The number of ether oxygens (including phenoxy) is 1. The fourth-order valence-electron chi connectivity index (χ4n) is 2.20. The number of rotatable bonds is 6. The van der Waals surface area contributed by atoms with Crippen molar-refractivity contribution in [2.24, 2.45) is 0 Å². The molecule has 1 aliphatic heterocycles. The molecular formula is C15H21N3O3. The highest BCUT2D eigenvalue weighted by Crippen LogP contribution is 2.15. The second kappa shape index (κ2) is 7.52. The van der Waals surface area contributed by atoms with Crippen LogP contribution in [0.3, 0.4) is 0 Å². The molecule has 21 heavy (non-hydrogen) atoms. The summed E-state index contributed by atoms with van der Waals surface area (Å²) in [6.45, 7) is 5.25. The molecule has 1 aliphatic rings. The summed E-state index contributed by atoms with van der Waals surface area (Å²) in [6.07, 6.45) is 0.833. The third-order valence-electron chi connectivity index (χ3n) is 3.43. The Balaban J connectivity index is 1.77. The predicted molar refractivity (Wildman–Crippen MR) is 80.3 cm³/mol. The summed E-state index contributed by atoms with van der Waals surface area (Å²) in [7, 11) is 0. The van der Waals surface area contributed by atoms with Crippen molar-refractivity contribution >= 4 is 18.0 Å². The Labute approximate surface area is 124 Å². The van der Waals surface area contributed by atoms with E-state index in [0.29, 0.717) is 32.8 Å². The standard InChI is InChI=1S/C15H21N3O3/c1-2-21-14-5-3-13(4-6-14)16-11-15(20)18-9-7-17(12-19)8-10-18/h3-6,12,16H,2,7-11H2,1H3. The summed E-state index contributed by atoms with van der Waals surface area (Å²) >= 11 is 0. The van der Waals surface area contributed by atoms with Gasteiger partial charge in [-0.05, 0) is 31.2 Å². The number of benzene rings is 1. The van der Waals surface area contributed by atoms with E-state index in [1.165, 1.54) is 0 Å². The van der Waals surface area contributed by atoms with Gasteiger partial charge in [-0.15, -0.1) is 0 Å². The Morgan fingerprint density at radius 2 is 1.90 bits per heavy atom. The van der Waals surface area contributed by atoms with Crippen LogP contribution in [0.15, 0.2) is 24.3 Å². The Morgan fingerprint density at radius 1 is 1.24 bits per heavy atom. The van der Waals surface area contributed by atoms with Gasteiger partial charge >= 0.3 is 0 Å². The van der Waals surface area contributed by atoms with E-state index in [2.05, 4.69) is 5.32 Å². The van der Waals surface area contributed by atoms with Crippen LogP contribution in [-0.2, 0) is 9.59 Å². The number of nitrogens with zero attached hydrogens (tertiary/aromatic N) is 2. The van der Waals surface area contributed by atoms with Gasteiger partial charge in [-0.3, -0.25) is 9.59 Å². The molecule has 1 N–H and O–H groups in total. The third-order valence-corrected chi connectivity index (χ3v) is 3.43. The molecule has 6 heteroatoms. The van der Waals surface area contributed by atoms with Crippen molar-refractivity contribution in [2.75, 3.05) is 44.6 Å². The van der Waals surface area contributed by atoms with Crippen LogP contribution in [0.1, 0.15) is 6.92 Å². The normalized spacial score (nSPS) is 14.7. The molecule has 1 saturated heterocycles. The minimum atomic E-state index is 0.0504. The smallest absolute Gasteiger partial charge is 0.241 e. The molecular weight excluding hydrogens is 270 g/mol. The van der Waals surface area contributed by atoms with Gasteiger partial charge in [0.25, 0.3) is 0 Å². The van der Waals surface area contributed by atoms with E-state index in [1.807, 2.05) is 31.2 Å². The Bertz CT molecular complexity index is 468. The van der Waals surface area contributed by atoms with Gasteiger partial charge in [0, 0.05) is 31.9 Å². The Morgan fingerprint density at radius 3 is 2.48 bits per heavy atom. The van der Waals surface area contributed by atoms with Crippen LogP contribution in [0.4, 0.5) is 5.69 Å². The lowest BCUT2D eigenvalue weighted by molar-refractivity contribution is -0.133. The first-order valence-electron chi connectivity index (χ1n) is 7.16. The van der Waals surface area contributed by atoms with Crippen molar-refractivity contribution in [1.82, 2.24) is 9.80 Å². The van der Waals surface area contributed by atoms with Crippen molar-refractivity contribution in [3.05, 3.63) is 24.3 Å². The largest absolute Gasteiger partial charge is 0.494 e. The first-order chi connectivity index (χ1) is 10.2. The van der Waals surface area contributed by atoms with E-state index in [4.69, 9.17) is 4.74 Å². The summed E-state index contributed by atoms with van der Waals surface area (Å²) < 4.78 is 5.37. The predicted octanol–water partition coefficient (Wildman–Crippen LogP) is 0.798. The maximum atomic E-state index is 12.1. The zero-order valence-electron chi connectivity index (χ0n) is 12.2. The maximum absolute atomic E-state index is 12.1. The highest BCUT2D eigenvalue weighted by Gasteiger charge is 2.19. The van der Waals surface area contributed by atoms with Gasteiger partial charge in [0.2, 0.25) is 12.3 Å². The second-order valence-electron chi connectivity index (χ2n) is 4.83. The molecule has 0 atom stereocenters. The number of piperazine rings is 1. The van der Waals surface area contributed by atoms with E-state index >= 15 is 0 Å². The van der Waals surface area contributed by atoms with Crippen molar-refractivity contribution in [3.8, 4) is 5.75 Å². The fourth-order valence-corrected chi connectivity index (χ4v) is 2.20. The van der Waals surface area contributed by atoms with Gasteiger partial charge in [-0.2, -0.15) is 0 Å². The van der Waals surface area contributed by atoms with Gasteiger partial charge in [0.15, 0.2) is 0 Å². The first kappa shape index (κ1) is 15.2. The number of anilines is 1. The molecule has 6 nitrogen and oxygen atoms in total. The molecule has 0 aliphatic carbocycles. The number of amides is 2. The van der Waals surface area contributed by atoms with Crippen LogP contribution in [0.25, 0.3) is 0 Å². The topological polar surface area (TPSA) is 61.9 Å². The second-order valence-corrected chi connectivity index (χ2v) is 4.83. The summed E-state index contributed by atoms with van der Waals surface area (Å²) in [5.74, 6) is 0.869. The van der Waals surface area contributed by atoms with Gasteiger partial charge < -0.3 is 19.9 Å². The van der Waals surface area contributed by atoms with Crippen molar-refractivity contribution in [2.45, 2.75) is 6.92 Å². The minimum absolute atomic E-state index is 0.0504. The molecule has 2 amide bonds. The van der Waals surface area contributed by atoms with Crippen LogP contribution >= 0.6 is 0 Å². The van der Waals surface area contributed by atoms with Crippen LogP contribution in [-0.4, -0.2) is 61.4 Å². The molecule has 0 radical (unpaired) electrons. The van der Waals surface area contributed by atoms with Gasteiger partial charge in [0.1, 0.15) is 5.75 Å². The number of hydrogen-bond acceptors (Lipinski definition) is 4. The third kappa shape index (κ3) is 4.37. The summed E-state index contributed by atoms with van der Waals surface area (Å²) in [4.78, 5) is 26.2. The SMILES string of the molecule is CCOc1ccc(NCC(=O)N2CCN(C=O)CC2)cc1. The quantitative estimate of drug-likeness (QED) is 0.788. The number of nitrogens with one attached hydrogen (secondary N) is 1. The molecule has 1 aromatic rings. The van der Waals surface area contributed by atoms with Crippen LogP contribution in [0.5, 0.6) is 5.75 Å². The molecule has 0 saturated carbocycles. The van der Waals surface area contributed by atoms with Crippen LogP contribution in [0.2, 0.25) is 0 Å². The highest BCUT2D eigenvalue weighted by atomic mass is 16.5. The first-order valence-corrected chi connectivity index (χ1v) is 7.16. The molecule has 1 aromatic carbocycles. The van der Waals surface area contributed by atoms with E-state index in [-0.39, 0.29) is 12.5 Å². The van der Waals surface area contributed by atoms with Gasteiger partial charge in [-0.1, -0.05) is 0 Å². The maximum Gasteiger partial charge on any atom is 0.241 e. The molecule has 1 heterocycles. The molecule has 0 spiro atoms. The lowest BCUT2D eigenvalue weighted by Crippen LogP contribution is -2.49. The molecule has 114 valence electrons. The average Bonchev–Trinajstić information content (AvgIpc) is 2.54. The number of carbonyl (C=O) groups is 2. The van der Waals surface area contributed by atoms with Gasteiger partial charge in [-0.25, -0.2) is 0 Å². The van der Waals surface area contributed by atoms with Crippen LogP contribution in [0, 0.1) is 0 Å². The fraction of sp³-hybridized carbons (Fsp3) is 0.467. The van der Waals surface area contributed by atoms with E-state index in [9.17, 15) is 9.59 Å². The molecule has 0 aromatic heterocycles. The van der Waals surface area contributed by atoms with Crippen molar-refractivity contribution in [3.63, 3.8) is 0 Å². The summed E-state index contributed by atoms with van der Waals surface area (Å²) in [6, 6.07) is 7.53. The Kier molecular flexibility index (Phi) is 5.43. The number of carbonyl (C=O) groups excluding carboxylic acids is 2. The lowest BCUT2D eigenvalue weighted by atomic mass is 10.3. The Hall–Kier alpha value is -2.24.